The SMILES string of the molecule is C[C@]12CC[C@H]3[C@@H](CCC4CCCC[C@@H]43)[C@@H]1CC=C2N. The molecule has 1 nitrogen and oxygen atoms in total. The van der Waals surface area contributed by atoms with Crippen molar-refractivity contribution in [1.82, 2.24) is 0 Å². The van der Waals surface area contributed by atoms with Gasteiger partial charge in [-0.25, -0.2) is 0 Å². The van der Waals surface area contributed by atoms with Crippen LogP contribution in [0.1, 0.15) is 64.7 Å². The summed E-state index contributed by atoms with van der Waals surface area (Å²) in [4.78, 5) is 0. The van der Waals surface area contributed by atoms with E-state index in [1.54, 1.807) is 0 Å². The second-order valence-corrected chi connectivity index (χ2v) is 8.07. The third kappa shape index (κ3) is 1.66. The third-order valence-electron chi connectivity index (χ3n) is 7.52. The molecule has 4 rings (SSSR count). The Balaban J connectivity index is 1.60. The lowest BCUT2D eigenvalue weighted by Crippen LogP contribution is -2.48. The molecule has 1 unspecified atom stereocenters. The van der Waals surface area contributed by atoms with Crippen LogP contribution in [0.5, 0.6) is 0 Å². The predicted octanol–water partition coefficient (Wildman–Crippen LogP) is 4.48. The van der Waals surface area contributed by atoms with Crippen molar-refractivity contribution in [2.75, 3.05) is 0 Å². The number of allylic oxidation sites excluding steroid dienone is 2. The summed E-state index contributed by atoms with van der Waals surface area (Å²) >= 11 is 0. The van der Waals surface area contributed by atoms with E-state index >= 15 is 0 Å². The monoisotopic (exact) mass is 259 g/mol. The second kappa shape index (κ2) is 4.27. The highest BCUT2D eigenvalue weighted by Crippen LogP contribution is 2.61. The Morgan fingerprint density at radius 1 is 1.00 bits per heavy atom. The lowest BCUT2D eigenvalue weighted by atomic mass is 9.50. The van der Waals surface area contributed by atoms with Gasteiger partial charge in [-0.2, -0.15) is 0 Å². The molecule has 19 heavy (non-hydrogen) atoms. The van der Waals surface area contributed by atoms with Gasteiger partial charge >= 0.3 is 0 Å². The zero-order chi connectivity index (χ0) is 13.0. The zero-order valence-corrected chi connectivity index (χ0v) is 12.4. The van der Waals surface area contributed by atoms with Crippen molar-refractivity contribution in [3.05, 3.63) is 11.8 Å². The van der Waals surface area contributed by atoms with E-state index in [0.29, 0.717) is 5.41 Å². The van der Waals surface area contributed by atoms with Crippen LogP contribution in [0.3, 0.4) is 0 Å². The first-order valence-corrected chi connectivity index (χ1v) is 8.66. The van der Waals surface area contributed by atoms with Crippen LogP contribution in [0.25, 0.3) is 0 Å². The van der Waals surface area contributed by atoms with E-state index in [4.69, 9.17) is 5.73 Å². The Bertz CT molecular complexity index is 398. The molecule has 0 spiro atoms. The van der Waals surface area contributed by atoms with E-state index in [2.05, 4.69) is 13.0 Å². The number of hydrogen-bond donors (Lipinski definition) is 1. The van der Waals surface area contributed by atoms with Gasteiger partial charge in [0.1, 0.15) is 0 Å². The molecule has 0 bridgehead atoms. The minimum Gasteiger partial charge on any atom is -0.402 e. The Labute approximate surface area is 118 Å². The van der Waals surface area contributed by atoms with Gasteiger partial charge in [0.25, 0.3) is 0 Å². The van der Waals surface area contributed by atoms with Crippen LogP contribution >= 0.6 is 0 Å². The van der Waals surface area contributed by atoms with Crippen LogP contribution in [0.2, 0.25) is 0 Å². The smallest absolute Gasteiger partial charge is 0.0103 e. The summed E-state index contributed by atoms with van der Waals surface area (Å²) < 4.78 is 0. The second-order valence-electron chi connectivity index (χ2n) is 8.07. The van der Waals surface area contributed by atoms with Crippen molar-refractivity contribution < 1.29 is 0 Å². The maximum Gasteiger partial charge on any atom is 0.0103 e. The van der Waals surface area contributed by atoms with Crippen LogP contribution in [0.15, 0.2) is 11.8 Å². The van der Waals surface area contributed by atoms with Crippen molar-refractivity contribution >= 4 is 0 Å². The zero-order valence-electron chi connectivity index (χ0n) is 12.4. The molecule has 4 aliphatic rings. The first-order valence-electron chi connectivity index (χ1n) is 8.66. The highest BCUT2D eigenvalue weighted by molar-refractivity contribution is 5.22. The van der Waals surface area contributed by atoms with Crippen LogP contribution in [0, 0.1) is 35.0 Å². The molecule has 0 aromatic carbocycles. The van der Waals surface area contributed by atoms with Gasteiger partial charge in [0, 0.05) is 11.1 Å². The van der Waals surface area contributed by atoms with E-state index in [9.17, 15) is 0 Å². The summed E-state index contributed by atoms with van der Waals surface area (Å²) in [6, 6.07) is 0. The van der Waals surface area contributed by atoms with E-state index in [1.165, 1.54) is 63.5 Å². The molecule has 0 aromatic rings. The van der Waals surface area contributed by atoms with Crippen molar-refractivity contribution in [2.24, 2.45) is 40.7 Å². The molecule has 3 saturated carbocycles. The average Bonchev–Trinajstić information content (AvgIpc) is 2.75. The van der Waals surface area contributed by atoms with Crippen molar-refractivity contribution in [3.63, 3.8) is 0 Å². The molecule has 0 amide bonds. The fraction of sp³-hybridized carbons (Fsp3) is 0.889. The summed E-state index contributed by atoms with van der Waals surface area (Å²) in [6.45, 7) is 2.46. The Morgan fingerprint density at radius 2 is 1.84 bits per heavy atom. The van der Waals surface area contributed by atoms with Crippen LogP contribution in [-0.2, 0) is 0 Å². The molecular formula is C18H29N. The molecule has 2 N–H and O–H groups in total. The van der Waals surface area contributed by atoms with E-state index in [0.717, 1.165) is 29.6 Å². The van der Waals surface area contributed by atoms with Crippen LogP contribution < -0.4 is 5.73 Å². The van der Waals surface area contributed by atoms with E-state index < -0.39 is 0 Å². The highest BCUT2D eigenvalue weighted by Gasteiger charge is 2.53. The standard InChI is InChI=1S/C18H29N/c1-18-11-10-14-13-5-3-2-4-12(13)6-7-15(14)16(18)8-9-17(18)19/h9,12-16H,2-8,10-11,19H2,1H3/t12?,13-,14+,15+,16-,18-/m0/s1. The number of rotatable bonds is 0. The van der Waals surface area contributed by atoms with Gasteiger partial charge < -0.3 is 5.73 Å². The molecule has 3 fully saturated rings. The summed E-state index contributed by atoms with van der Waals surface area (Å²) in [5.41, 5.74) is 7.93. The summed E-state index contributed by atoms with van der Waals surface area (Å²) in [5, 5.41) is 0. The van der Waals surface area contributed by atoms with Gasteiger partial charge in [-0.15, -0.1) is 0 Å². The number of nitrogens with two attached hydrogens (primary N) is 1. The lowest BCUT2D eigenvalue weighted by molar-refractivity contribution is -0.0431. The van der Waals surface area contributed by atoms with Gasteiger partial charge in [0.05, 0.1) is 0 Å². The van der Waals surface area contributed by atoms with E-state index in [1.807, 2.05) is 0 Å². The average molecular weight is 259 g/mol. The van der Waals surface area contributed by atoms with Gasteiger partial charge in [-0.1, -0.05) is 32.3 Å². The lowest BCUT2D eigenvalue weighted by Gasteiger charge is -2.55. The largest absolute Gasteiger partial charge is 0.402 e. The fourth-order valence-electron chi connectivity index (χ4n) is 6.43. The Kier molecular flexibility index (Phi) is 2.76. The van der Waals surface area contributed by atoms with Crippen LogP contribution in [-0.4, -0.2) is 0 Å². The maximum absolute atomic E-state index is 6.34. The van der Waals surface area contributed by atoms with E-state index in [-0.39, 0.29) is 0 Å². The maximum atomic E-state index is 6.34. The van der Waals surface area contributed by atoms with Gasteiger partial charge in [0.15, 0.2) is 0 Å². The third-order valence-corrected chi connectivity index (χ3v) is 7.52. The number of fused-ring (bicyclic) bond motifs is 5. The molecule has 0 aliphatic heterocycles. The first kappa shape index (κ1) is 12.3. The Hall–Kier alpha value is -0.460. The van der Waals surface area contributed by atoms with Crippen molar-refractivity contribution in [1.29, 1.82) is 0 Å². The minimum absolute atomic E-state index is 0.364. The number of hydrogen-bond acceptors (Lipinski definition) is 1. The van der Waals surface area contributed by atoms with Gasteiger partial charge in [-0.3, -0.25) is 0 Å². The fourth-order valence-corrected chi connectivity index (χ4v) is 6.43. The molecular weight excluding hydrogens is 230 g/mol. The molecule has 0 heterocycles. The molecule has 6 atom stereocenters. The van der Waals surface area contributed by atoms with Crippen molar-refractivity contribution in [2.45, 2.75) is 64.7 Å². The quantitative estimate of drug-likeness (QED) is 0.682. The highest BCUT2D eigenvalue weighted by atomic mass is 14.7. The molecule has 0 saturated heterocycles. The summed E-state index contributed by atoms with van der Waals surface area (Å²) in [7, 11) is 0. The van der Waals surface area contributed by atoms with Crippen LogP contribution in [0.4, 0.5) is 0 Å². The summed E-state index contributed by atoms with van der Waals surface area (Å²) in [6.07, 6.45) is 15.6. The first-order chi connectivity index (χ1) is 9.20. The summed E-state index contributed by atoms with van der Waals surface area (Å²) in [5.74, 6) is 5.10. The molecule has 1 heteroatoms. The topological polar surface area (TPSA) is 26.0 Å². The molecule has 4 aliphatic carbocycles. The minimum atomic E-state index is 0.364. The van der Waals surface area contributed by atoms with Gasteiger partial charge in [0.2, 0.25) is 0 Å². The predicted molar refractivity (Wildman–Crippen MR) is 79.4 cm³/mol. The molecule has 106 valence electrons. The molecule has 0 radical (unpaired) electrons. The molecule has 0 aromatic heterocycles. The normalized spacial score (nSPS) is 52.9. The van der Waals surface area contributed by atoms with Gasteiger partial charge in [-0.05, 0) is 68.1 Å². The van der Waals surface area contributed by atoms with Crippen molar-refractivity contribution in [3.8, 4) is 0 Å². The Morgan fingerprint density at radius 3 is 2.74 bits per heavy atom.